The molecule has 1 amide bonds. The van der Waals surface area contributed by atoms with Gasteiger partial charge in [-0.15, -0.1) is 10.2 Å². The smallest absolute Gasteiger partial charge is 0.234 e. The summed E-state index contributed by atoms with van der Waals surface area (Å²) in [6.45, 7) is 9.45. The van der Waals surface area contributed by atoms with Crippen LogP contribution in [0, 0.1) is 24.2 Å². The van der Waals surface area contributed by atoms with Crippen molar-refractivity contribution in [3.05, 3.63) is 35.9 Å². The Morgan fingerprint density at radius 2 is 2.00 bits per heavy atom. The van der Waals surface area contributed by atoms with Gasteiger partial charge in [-0.2, -0.15) is 5.26 Å². The van der Waals surface area contributed by atoms with Crippen LogP contribution >= 0.6 is 11.8 Å². The van der Waals surface area contributed by atoms with Gasteiger partial charge in [0.2, 0.25) is 5.91 Å². The van der Waals surface area contributed by atoms with Crippen LogP contribution in [-0.4, -0.2) is 31.3 Å². The van der Waals surface area contributed by atoms with E-state index >= 15 is 0 Å². The molecule has 0 aliphatic carbocycles. The lowest BCUT2D eigenvalue weighted by Crippen LogP contribution is -2.51. The molecule has 0 bridgehead atoms. The van der Waals surface area contributed by atoms with E-state index in [9.17, 15) is 10.1 Å². The number of aryl methyl sites for hydroxylation is 1. The van der Waals surface area contributed by atoms with Crippen LogP contribution in [0.1, 0.15) is 33.3 Å². The van der Waals surface area contributed by atoms with Gasteiger partial charge in [0.15, 0.2) is 10.8 Å². The minimum Gasteiger partial charge on any atom is -0.337 e. The van der Waals surface area contributed by atoms with E-state index in [1.807, 2.05) is 49.4 Å². The van der Waals surface area contributed by atoms with Gasteiger partial charge in [-0.3, -0.25) is 9.20 Å². The van der Waals surface area contributed by atoms with E-state index < -0.39 is 10.8 Å². The molecular weight excluding hydrogens is 358 g/mol. The molecule has 0 spiro atoms. The molecule has 3 rings (SSSR count). The molecule has 0 fully saturated rings. The molecule has 1 N–H and O–H groups in total. The maximum Gasteiger partial charge on any atom is 0.234 e. The average Bonchev–Trinajstić information content (AvgIpc) is 3.04. The Balaban J connectivity index is 1.92. The normalized spacial score (nSPS) is 14.9. The molecule has 0 aliphatic rings. The molecule has 3 aromatic rings. The first-order chi connectivity index (χ1) is 12.8. The number of amides is 1. The fraction of sp³-hybridized carbons (Fsp3) is 0.400. The second-order valence-corrected chi connectivity index (χ2v) is 8.55. The van der Waals surface area contributed by atoms with Crippen LogP contribution in [0.2, 0.25) is 0 Å². The topological polar surface area (TPSA) is 83.1 Å². The number of pyridine rings is 1. The lowest BCUT2D eigenvalue weighted by atomic mass is 9.90. The predicted molar refractivity (Wildman–Crippen MR) is 108 cm³/mol. The number of hydrogen-bond acceptors (Lipinski definition) is 5. The summed E-state index contributed by atoms with van der Waals surface area (Å²) in [5, 5.41) is 22.2. The van der Waals surface area contributed by atoms with E-state index in [-0.39, 0.29) is 11.8 Å². The highest BCUT2D eigenvalue weighted by atomic mass is 32.2. The van der Waals surface area contributed by atoms with E-state index in [2.05, 4.69) is 34.6 Å². The number of thioether (sulfide) groups is 1. The summed E-state index contributed by atoms with van der Waals surface area (Å²) in [6, 6.07) is 12.3. The average molecular weight is 382 g/mol. The molecule has 7 heteroatoms. The van der Waals surface area contributed by atoms with Gasteiger partial charge in [0, 0.05) is 5.39 Å². The molecule has 0 radical (unpaired) electrons. The minimum absolute atomic E-state index is 0.00416. The van der Waals surface area contributed by atoms with Crippen molar-refractivity contribution < 1.29 is 4.79 Å². The van der Waals surface area contributed by atoms with Crippen molar-refractivity contribution in [2.24, 2.45) is 5.92 Å². The summed E-state index contributed by atoms with van der Waals surface area (Å²) in [7, 11) is 0. The number of rotatable bonds is 5. The number of nitrogens with one attached hydrogen (secondary N) is 1. The molecule has 6 nitrogen and oxygen atoms in total. The highest BCUT2D eigenvalue weighted by Gasteiger charge is 2.32. The molecule has 2 heterocycles. The SMILES string of the molecule is Cc1cc2nnc(S[C@@H](C)C(=O)N[C@@](C)(C#N)C(C)C)n2c2ccccc12. The molecule has 2 atom stereocenters. The lowest BCUT2D eigenvalue weighted by Gasteiger charge is -2.28. The summed E-state index contributed by atoms with van der Waals surface area (Å²) in [6.07, 6.45) is 0. The number of nitriles is 1. The molecule has 0 saturated heterocycles. The summed E-state index contributed by atoms with van der Waals surface area (Å²) in [4.78, 5) is 12.7. The van der Waals surface area contributed by atoms with Crippen molar-refractivity contribution in [3.63, 3.8) is 0 Å². The highest BCUT2D eigenvalue weighted by Crippen LogP contribution is 2.28. The van der Waals surface area contributed by atoms with Crippen molar-refractivity contribution in [2.75, 3.05) is 0 Å². The van der Waals surface area contributed by atoms with Gasteiger partial charge in [0.1, 0.15) is 5.54 Å². The fourth-order valence-corrected chi connectivity index (χ4v) is 3.69. The van der Waals surface area contributed by atoms with Crippen molar-refractivity contribution in [2.45, 2.75) is 50.6 Å². The van der Waals surface area contributed by atoms with E-state index in [0.29, 0.717) is 5.16 Å². The van der Waals surface area contributed by atoms with Gasteiger partial charge in [-0.05, 0) is 44.4 Å². The first kappa shape index (κ1) is 19.2. The van der Waals surface area contributed by atoms with Gasteiger partial charge in [-0.1, -0.05) is 43.8 Å². The van der Waals surface area contributed by atoms with Crippen LogP contribution < -0.4 is 5.32 Å². The largest absolute Gasteiger partial charge is 0.337 e. The molecule has 0 aliphatic heterocycles. The Labute approximate surface area is 163 Å². The van der Waals surface area contributed by atoms with Crippen LogP contribution in [-0.2, 0) is 4.79 Å². The third kappa shape index (κ3) is 3.50. The second kappa shape index (κ2) is 7.20. The highest BCUT2D eigenvalue weighted by molar-refractivity contribution is 8.00. The maximum absolute atomic E-state index is 12.7. The standard InChI is InChI=1S/C20H23N5OS/c1-12(2)20(5,11-21)22-18(26)14(4)27-19-24-23-17-10-13(3)15-8-6-7-9-16(15)25(17)19/h6-10,12,14H,1-5H3,(H,22,26)/t14-,20-/m0/s1. The van der Waals surface area contributed by atoms with Crippen molar-refractivity contribution in [3.8, 4) is 6.07 Å². The van der Waals surface area contributed by atoms with Gasteiger partial charge in [0.25, 0.3) is 0 Å². The van der Waals surface area contributed by atoms with Crippen LogP contribution in [0.25, 0.3) is 16.6 Å². The summed E-state index contributed by atoms with van der Waals surface area (Å²) in [5.41, 5.74) is 2.00. The first-order valence-electron chi connectivity index (χ1n) is 8.90. The number of fused-ring (bicyclic) bond motifs is 3. The maximum atomic E-state index is 12.7. The van der Waals surface area contributed by atoms with E-state index in [4.69, 9.17) is 0 Å². The molecule has 2 aromatic heterocycles. The van der Waals surface area contributed by atoms with E-state index in [0.717, 1.165) is 22.1 Å². The van der Waals surface area contributed by atoms with Crippen molar-refractivity contribution >= 4 is 34.2 Å². The van der Waals surface area contributed by atoms with E-state index in [1.165, 1.54) is 11.8 Å². The van der Waals surface area contributed by atoms with Gasteiger partial charge in [0.05, 0.1) is 16.8 Å². The number of para-hydroxylation sites is 1. The molecule has 140 valence electrons. The summed E-state index contributed by atoms with van der Waals surface area (Å²) in [5.74, 6) is -0.185. The third-order valence-corrected chi connectivity index (χ3v) is 6.04. The molecule has 0 saturated carbocycles. The Kier molecular flexibility index (Phi) is 5.11. The quantitative estimate of drug-likeness (QED) is 0.681. The molecular formula is C20H23N5OS. The van der Waals surface area contributed by atoms with Gasteiger partial charge in [-0.25, -0.2) is 0 Å². The summed E-state index contributed by atoms with van der Waals surface area (Å²) >= 11 is 1.34. The molecule has 1 aromatic carbocycles. The third-order valence-electron chi connectivity index (χ3n) is 5.00. The van der Waals surface area contributed by atoms with Crippen molar-refractivity contribution in [1.29, 1.82) is 5.26 Å². The fourth-order valence-electron chi connectivity index (χ4n) is 2.82. The molecule has 27 heavy (non-hydrogen) atoms. The predicted octanol–water partition coefficient (Wildman–Crippen LogP) is 3.73. The van der Waals surface area contributed by atoms with Crippen LogP contribution in [0.5, 0.6) is 0 Å². The van der Waals surface area contributed by atoms with Gasteiger partial charge < -0.3 is 5.32 Å². The number of hydrogen-bond donors (Lipinski definition) is 1. The number of carbonyl (C=O) groups is 1. The minimum atomic E-state index is -0.900. The number of aromatic nitrogens is 3. The Bertz CT molecular complexity index is 1050. The molecule has 0 unspecified atom stereocenters. The van der Waals surface area contributed by atoms with Crippen LogP contribution in [0.15, 0.2) is 35.5 Å². The lowest BCUT2D eigenvalue weighted by molar-refractivity contribution is -0.121. The number of carbonyl (C=O) groups excluding carboxylic acids is 1. The van der Waals surface area contributed by atoms with Crippen molar-refractivity contribution in [1.82, 2.24) is 19.9 Å². The monoisotopic (exact) mass is 381 g/mol. The second-order valence-electron chi connectivity index (χ2n) is 7.24. The Morgan fingerprint density at radius 3 is 2.67 bits per heavy atom. The number of nitrogens with zero attached hydrogens (tertiary/aromatic N) is 4. The zero-order chi connectivity index (χ0) is 19.8. The van der Waals surface area contributed by atoms with E-state index in [1.54, 1.807) is 6.92 Å². The number of benzene rings is 1. The zero-order valence-electron chi connectivity index (χ0n) is 16.1. The Morgan fingerprint density at radius 1 is 1.30 bits per heavy atom. The van der Waals surface area contributed by atoms with Crippen LogP contribution in [0.3, 0.4) is 0 Å². The summed E-state index contributed by atoms with van der Waals surface area (Å²) < 4.78 is 1.97. The van der Waals surface area contributed by atoms with Gasteiger partial charge >= 0.3 is 0 Å². The zero-order valence-corrected chi connectivity index (χ0v) is 17.0. The first-order valence-corrected chi connectivity index (χ1v) is 9.78. The Hall–Kier alpha value is -2.59. The van der Waals surface area contributed by atoms with Crippen LogP contribution in [0.4, 0.5) is 0 Å².